The number of hydrogen-bond donors (Lipinski definition) is 2. The quantitative estimate of drug-likeness (QED) is 0.521. The van der Waals surface area contributed by atoms with Crippen molar-refractivity contribution >= 4 is 6.34 Å². The largest absolute Gasteiger partial charge is 0.308 e. The topological polar surface area (TPSA) is 42.9 Å². The van der Waals surface area contributed by atoms with Crippen LogP contribution in [0.15, 0.2) is 5.10 Å². The number of nitrogens with one attached hydrogen (secondary N) is 2. The molecule has 58 valence electrons. The van der Waals surface area contributed by atoms with Crippen LogP contribution in [0.3, 0.4) is 0 Å². The van der Waals surface area contributed by atoms with Gasteiger partial charge in [0.05, 0.1) is 6.54 Å². The molecule has 2 N–H and O–H groups in total. The second kappa shape index (κ2) is 3.38. The maximum atomic E-state index is 3.76. The third-order valence-electron chi connectivity index (χ3n) is 1.23. The van der Waals surface area contributed by atoms with Crippen LogP contribution in [0, 0.1) is 0 Å². The van der Waals surface area contributed by atoms with E-state index < -0.39 is 0 Å². The normalized spacial score (nSPS) is 17.5. The second-order valence-electron chi connectivity index (χ2n) is 2.44. The first kappa shape index (κ1) is 7.30. The van der Waals surface area contributed by atoms with Gasteiger partial charge in [-0.15, -0.1) is 5.12 Å². The van der Waals surface area contributed by atoms with Crippen molar-refractivity contribution in [2.24, 2.45) is 5.10 Å². The smallest absolute Gasteiger partial charge is 0.126 e. The lowest BCUT2D eigenvalue weighted by Crippen LogP contribution is -2.42. The molecule has 10 heavy (non-hydrogen) atoms. The predicted octanol–water partition coefficient (Wildman–Crippen LogP) is -1.18. The van der Waals surface area contributed by atoms with Crippen molar-refractivity contribution in [3.8, 4) is 0 Å². The zero-order valence-electron chi connectivity index (χ0n) is 6.33. The van der Waals surface area contributed by atoms with Gasteiger partial charge in [-0.1, -0.05) is 0 Å². The summed E-state index contributed by atoms with van der Waals surface area (Å²) in [4.78, 5) is 2.11. The van der Waals surface area contributed by atoms with E-state index >= 15 is 0 Å². The Hall–Kier alpha value is -0.810. The Morgan fingerprint density at radius 1 is 1.60 bits per heavy atom. The van der Waals surface area contributed by atoms with E-state index in [0.29, 0.717) is 0 Å². The van der Waals surface area contributed by atoms with E-state index in [2.05, 4.69) is 21.0 Å². The fourth-order valence-electron chi connectivity index (χ4n) is 0.641. The molecule has 0 aliphatic carbocycles. The van der Waals surface area contributed by atoms with E-state index in [9.17, 15) is 0 Å². The monoisotopic (exact) mass is 143 g/mol. The van der Waals surface area contributed by atoms with Crippen LogP contribution in [0.2, 0.25) is 0 Å². The van der Waals surface area contributed by atoms with Crippen molar-refractivity contribution in [1.29, 1.82) is 0 Å². The molecule has 0 aromatic rings. The first-order chi connectivity index (χ1) is 4.79. The van der Waals surface area contributed by atoms with Crippen molar-refractivity contribution in [3.05, 3.63) is 0 Å². The van der Waals surface area contributed by atoms with Gasteiger partial charge < -0.3 is 4.90 Å². The SMILES string of the molecule is CN(C)CCN1NC=NN1. The lowest BCUT2D eigenvalue weighted by atomic mass is 10.6. The number of likely N-dealkylation sites (N-methyl/N-ethyl adjacent to an activating group) is 1. The zero-order chi connectivity index (χ0) is 7.40. The van der Waals surface area contributed by atoms with Gasteiger partial charge in [-0.25, -0.2) is 5.53 Å². The summed E-state index contributed by atoms with van der Waals surface area (Å²) in [6, 6.07) is 0. The Kier molecular flexibility index (Phi) is 2.47. The molecule has 0 fully saturated rings. The first-order valence-corrected chi connectivity index (χ1v) is 3.24. The van der Waals surface area contributed by atoms with Crippen LogP contribution in [0.4, 0.5) is 0 Å². The highest BCUT2D eigenvalue weighted by Gasteiger charge is 2.03. The summed E-state index contributed by atoms with van der Waals surface area (Å²) in [6.07, 6.45) is 1.62. The average Bonchev–Trinajstić information content (AvgIpc) is 2.34. The predicted molar refractivity (Wildman–Crippen MR) is 40.0 cm³/mol. The van der Waals surface area contributed by atoms with Gasteiger partial charge in [0.25, 0.3) is 0 Å². The van der Waals surface area contributed by atoms with Crippen molar-refractivity contribution in [3.63, 3.8) is 0 Å². The Morgan fingerprint density at radius 2 is 2.40 bits per heavy atom. The minimum absolute atomic E-state index is 0.910. The summed E-state index contributed by atoms with van der Waals surface area (Å²) in [6.45, 7) is 1.91. The summed E-state index contributed by atoms with van der Waals surface area (Å²) in [5.74, 6) is 0. The van der Waals surface area contributed by atoms with Crippen molar-refractivity contribution < 1.29 is 0 Å². The molecular weight excluding hydrogens is 130 g/mol. The third-order valence-corrected chi connectivity index (χ3v) is 1.23. The van der Waals surface area contributed by atoms with Crippen molar-refractivity contribution in [1.82, 2.24) is 21.0 Å². The van der Waals surface area contributed by atoms with E-state index in [0.717, 1.165) is 13.1 Å². The Labute approximate surface area is 60.6 Å². The molecule has 0 bridgehead atoms. The maximum Gasteiger partial charge on any atom is 0.126 e. The van der Waals surface area contributed by atoms with Gasteiger partial charge in [0.2, 0.25) is 0 Å². The van der Waals surface area contributed by atoms with Crippen LogP contribution in [-0.2, 0) is 0 Å². The molecule has 1 aliphatic heterocycles. The molecule has 0 spiro atoms. The number of rotatable bonds is 3. The van der Waals surface area contributed by atoms with Gasteiger partial charge in [0.15, 0.2) is 0 Å². The van der Waals surface area contributed by atoms with Crippen molar-refractivity contribution in [2.75, 3.05) is 27.2 Å². The molecule has 1 rings (SSSR count). The molecular formula is C5H13N5. The molecule has 1 aliphatic rings. The summed E-state index contributed by atoms with van der Waals surface area (Å²) in [5, 5.41) is 5.58. The molecule has 0 aromatic heterocycles. The molecule has 5 nitrogen and oxygen atoms in total. The summed E-state index contributed by atoms with van der Waals surface area (Å²) < 4.78 is 0. The average molecular weight is 143 g/mol. The lowest BCUT2D eigenvalue weighted by molar-refractivity contribution is 0.163. The van der Waals surface area contributed by atoms with Crippen LogP contribution in [0.1, 0.15) is 0 Å². The second-order valence-corrected chi connectivity index (χ2v) is 2.44. The highest BCUT2D eigenvalue weighted by Crippen LogP contribution is 1.81. The Morgan fingerprint density at radius 3 is 2.90 bits per heavy atom. The van der Waals surface area contributed by atoms with E-state index in [1.54, 1.807) is 6.34 Å². The molecule has 0 atom stereocenters. The fraction of sp³-hybridized carbons (Fsp3) is 0.800. The maximum absolute atomic E-state index is 3.76. The van der Waals surface area contributed by atoms with Crippen molar-refractivity contribution in [2.45, 2.75) is 0 Å². The van der Waals surface area contributed by atoms with E-state index in [1.165, 1.54) is 0 Å². The minimum Gasteiger partial charge on any atom is -0.308 e. The number of hydrogen-bond acceptors (Lipinski definition) is 5. The molecule has 0 saturated heterocycles. The van der Waals surface area contributed by atoms with Gasteiger partial charge >= 0.3 is 0 Å². The summed E-state index contributed by atoms with van der Waals surface area (Å²) >= 11 is 0. The molecule has 0 saturated carbocycles. The molecule has 0 aromatic carbocycles. The number of hydrazine groups is 2. The Balaban J connectivity index is 2.03. The molecule has 1 heterocycles. The Bertz CT molecular complexity index is 113. The van der Waals surface area contributed by atoms with Crippen LogP contribution in [-0.4, -0.2) is 43.5 Å². The van der Waals surface area contributed by atoms with Gasteiger partial charge in [0.1, 0.15) is 6.34 Å². The zero-order valence-corrected chi connectivity index (χ0v) is 6.33. The summed E-state index contributed by atoms with van der Waals surface area (Å²) in [7, 11) is 4.08. The first-order valence-electron chi connectivity index (χ1n) is 3.24. The molecule has 0 unspecified atom stereocenters. The number of nitrogens with zero attached hydrogens (tertiary/aromatic N) is 3. The minimum atomic E-state index is 0.910. The van der Waals surface area contributed by atoms with Gasteiger partial charge in [-0.3, -0.25) is 5.43 Å². The van der Waals surface area contributed by atoms with Crippen LogP contribution in [0.5, 0.6) is 0 Å². The van der Waals surface area contributed by atoms with Gasteiger partial charge in [-0.05, 0) is 14.1 Å². The lowest BCUT2D eigenvalue weighted by Gasteiger charge is -2.16. The molecule has 0 radical (unpaired) electrons. The number of hydrazone groups is 1. The standard InChI is InChI=1S/C5H13N5/c1-9(2)3-4-10-7-5-6-8-10/h5,8H,3-4H2,1-2H3,(H,6,7). The van der Waals surface area contributed by atoms with Crippen LogP contribution >= 0.6 is 0 Å². The van der Waals surface area contributed by atoms with Crippen LogP contribution in [0.25, 0.3) is 0 Å². The van der Waals surface area contributed by atoms with E-state index in [-0.39, 0.29) is 0 Å². The highest BCUT2D eigenvalue weighted by molar-refractivity contribution is 5.54. The van der Waals surface area contributed by atoms with E-state index in [4.69, 9.17) is 0 Å². The fourth-order valence-corrected chi connectivity index (χ4v) is 0.641. The third kappa shape index (κ3) is 2.20. The van der Waals surface area contributed by atoms with Crippen LogP contribution < -0.4 is 11.0 Å². The van der Waals surface area contributed by atoms with E-state index in [1.807, 2.05) is 19.2 Å². The molecule has 5 heteroatoms. The molecule has 0 amide bonds. The van der Waals surface area contributed by atoms with Gasteiger partial charge in [-0.2, -0.15) is 5.10 Å². The highest BCUT2D eigenvalue weighted by atomic mass is 15.9. The van der Waals surface area contributed by atoms with Gasteiger partial charge in [0, 0.05) is 6.54 Å². The summed E-state index contributed by atoms with van der Waals surface area (Å²) in [5.41, 5.74) is 5.69.